The minimum Gasteiger partial charge on any atom is -0.457 e. The largest absolute Gasteiger partial charge is 0.457 e. The zero-order valence-corrected chi connectivity index (χ0v) is 12.9. The van der Waals surface area contributed by atoms with E-state index in [9.17, 15) is 5.26 Å². The first-order valence-corrected chi connectivity index (χ1v) is 7.85. The summed E-state index contributed by atoms with van der Waals surface area (Å²) in [7, 11) is 0. The monoisotopic (exact) mass is 309 g/mol. The molecule has 0 N–H and O–H groups in total. The van der Waals surface area contributed by atoms with E-state index < -0.39 is 6.10 Å². The highest BCUT2D eigenvalue weighted by Gasteiger charge is 2.21. The number of nitriles is 1. The molecule has 4 nitrogen and oxygen atoms in total. The lowest BCUT2D eigenvalue weighted by Gasteiger charge is -2.25. The van der Waals surface area contributed by atoms with Crippen molar-refractivity contribution in [2.75, 3.05) is 6.61 Å². The molecule has 0 amide bonds. The minimum atomic E-state index is -0.655. The van der Waals surface area contributed by atoms with Crippen LogP contribution in [0, 0.1) is 11.3 Å². The maximum absolute atomic E-state index is 9.42. The van der Waals surface area contributed by atoms with Crippen molar-refractivity contribution in [3.63, 3.8) is 0 Å². The number of benzene rings is 2. The van der Waals surface area contributed by atoms with Gasteiger partial charge in [0.25, 0.3) is 0 Å². The molecule has 1 aliphatic heterocycles. The normalized spacial score (nSPS) is 18.8. The maximum atomic E-state index is 9.42. The number of ether oxygens (including phenoxy) is 3. The quantitative estimate of drug-likeness (QED) is 0.810. The van der Waals surface area contributed by atoms with E-state index >= 15 is 0 Å². The Morgan fingerprint density at radius 1 is 1.04 bits per heavy atom. The SMILES string of the molecule is N#C[C@@H](OC1CCCCO1)c1cccc(Oc2ccccc2)c1. The fraction of sp³-hybridized carbons (Fsp3) is 0.316. The Balaban J connectivity index is 1.71. The summed E-state index contributed by atoms with van der Waals surface area (Å²) in [5.41, 5.74) is 0.773. The van der Waals surface area contributed by atoms with Crippen LogP contribution in [0.4, 0.5) is 0 Å². The first-order valence-electron chi connectivity index (χ1n) is 7.85. The van der Waals surface area contributed by atoms with Gasteiger partial charge in [0.05, 0.1) is 6.07 Å². The molecule has 1 aliphatic rings. The molecule has 0 bridgehead atoms. The molecule has 0 saturated carbocycles. The van der Waals surface area contributed by atoms with Gasteiger partial charge in [0.1, 0.15) is 11.5 Å². The molecule has 23 heavy (non-hydrogen) atoms. The molecule has 118 valence electrons. The fourth-order valence-corrected chi connectivity index (χ4v) is 2.52. The summed E-state index contributed by atoms with van der Waals surface area (Å²) < 4.78 is 17.2. The third-order valence-corrected chi connectivity index (χ3v) is 3.68. The molecule has 1 unspecified atom stereocenters. The van der Waals surface area contributed by atoms with E-state index in [1.807, 2.05) is 54.6 Å². The molecule has 1 heterocycles. The van der Waals surface area contributed by atoms with Crippen molar-refractivity contribution >= 4 is 0 Å². The Hall–Kier alpha value is -2.35. The number of rotatable bonds is 5. The highest BCUT2D eigenvalue weighted by molar-refractivity contribution is 5.36. The zero-order valence-electron chi connectivity index (χ0n) is 12.9. The predicted octanol–water partition coefficient (Wildman–Crippen LogP) is 4.59. The average Bonchev–Trinajstić information content (AvgIpc) is 2.62. The van der Waals surface area contributed by atoms with Crippen LogP contribution in [-0.2, 0) is 9.47 Å². The second-order valence-electron chi connectivity index (χ2n) is 5.43. The molecule has 2 atom stereocenters. The molecule has 4 heteroatoms. The van der Waals surface area contributed by atoms with Gasteiger partial charge in [-0.05, 0) is 49.1 Å². The van der Waals surface area contributed by atoms with Gasteiger partial charge in [-0.25, -0.2) is 0 Å². The van der Waals surface area contributed by atoms with Gasteiger partial charge in [-0.3, -0.25) is 0 Å². The molecule has 3 rings (SSSR count). The summed E-state index contributed by atoms with van der Waals surface area (Å²) in [4.78, 5) is 0. The van der Waals surface area contributed by atoms with Crippen molar-refractivity contribution in [3.05, 3.63) is 60.2 Å². The third kappa shape index (κ3) is 4.32. The van der Waals surface area contributed by atoms with E-state index in [1.54, 1.807) is 0 Å². The molecule has 2 aromatic carbocycles. The van der Waals surface area contributed by atoms with Crippen LogP contribution in [-0.4, -0.2) is 12.9 Å². The summed E-state index contributed by atoms with van der Waals surface area (Å²) in [6, 6.07) is 19.2. The Morgan fingerprint density at radius 3 is 2.61 bits per heavy atom. The average molecular weight is 309 g/mol. The van der Waals surface area contributed by atoms with Gasteiger partial charge in [0.15, 0.2) is 12.4 Å². The van der Waals surface area contributed by atoms with Gasteiger partial charge < -0.3 is 14.2 Å². The number of hydrogen-bond acceptors (Lipinski definition) is 4. The molecule has 0 spiro atoms. The lowest BCUT2D eigenvalue weighted by Crippen LogP contribution is -2.24. The highest BCUT2D eigenvalue weighted by atomic mass is 16.7. The van der Waals surface area contributed by atoms with E-state index in [4.69, 9.17) is 14.2 Å². The van der Waals surface area contributed by atoms with Crippen molar-refractivity contribution in [1.29, 1.82) is 5.26 Å². The van der Waals surface area contributed by atoms with E-state index in [2.05, 4.69) is 6.07 Å². The van der Waals surface area contributed by atoms with E-state index in [1.165, 1.54) is 0 Å². The lowest BCUT2D eigenvalue weighted by atomic mass is 10.1. The molecule has 1 fully saturated rings. The summed E-state index contributed by atoms with van der Waals surface area (Å²) in [5, 5.41) is 9.42. The van der Waals surface area contributed by atoms with Crippen molar-refractivity contribution in [1.82, 2.24) is 0 Å². The summed E-state index contributed by atoms with van der Waals surface area (Å²) in [6.45, 7) is 0.694. The first kappa shape index (κ1) is 15.5. The number of para-hydroxylation sites is 1. The van der Waals surface area contributed by atoms with Gasteiger partial charge in [0, 0.05) is 6.61 Å². The van der Waals surface area contributed by atoms with E-state index in [0.717, 1.165) is 30.6 Å². The van der Waals surface area contributed by atoms with Crippen LogP contribution in [0.2, 0.25) is 0 Å². The third-order valence-electron chi connectivity index (χ3n) is 3.68. The standard InChI is InChI=1S/C19H19NO3/c20-14-18(23-19-11-4-5-12-21-19)15-7-6-10-17(13-15)22-16-8-2-1-3-9-16/h1-3,6-10,13,18-19H,4-5,11-12H2/t18-,19?/m1/s1. The fourth-order valence-electron chi connectivity index (χ4n) is 2.52. The van der Waals surface area contributed by atoms with Crippen LogP contribution >= 0.6 is 0 Å². The van der Waals surface area contributed by atoms with Gasteiger partial charge >= 0.3 is 0 Å². The second-order valence-corrected chi connectivity index (χ2v) is 5.43. The molecule has 2 aromatic rings. The van der Waals surface area contributed by atoms with Gasteiger partial charge in [-0.15, -0.1) is 0 Å². The van der Waals surface area contributed by atoms with E-state index in [0.29, 0.717) is 12.4 Å². The molecular formula is C19H19NO3. The van der Waals surface area contributed by atoms with Crippen LogP contribution in [0.3, 0.4) is 0 Å². The van der Waals surface area contributed by atoms with Crippen LogP contribution in [0.5, 0.6) is 11.5 Å². The zero-order chi connectivity index (χ0) is 15.9. The minimum absolute atomic E-state index is 0.299. The van der Waals surface area contributed by atoms with Crippen LogP contribution in [0.15, 0.2) is 54.6 Å². The summed E-state index contributed by atoms with van der Waals surface area (Å²) in [5.74, 6) is 1.44. The Bertz CT molecular complexity index is 660. The Labute approximate surface area is 136 Å². The molecule has 0 radical (unpaired) electrons. The predicted molar refractivity (Wildman–Crippen MR) is 86.0 cm³/mol. The second kappa shape index (κ2) is 7.77. The van der Waals surface area contributed by atoms with Crippen LogP contribution in [0.1, 0.15) is 30.9 Å². The van der Waals surface area contributed by atoms with Crippen molar-refractivity contribution in [3.8, 4) is 17.6 Å². The van der Waals surface area contributed by atoms with Gasteiger partial charge in [-0.2, -0.15) is 5.26 Å². The topological polar surface area (TPSA) is 51.5 Å². The van der Waals surface area contributed by atoms with Crippen LogP contribution in [0.25, 0.3) is 0 Å². The molecule has 0 aliphatic carbocycles. The smallest absolute Gasteiger partial charge is 0.172 e. The Morgan fingerprint density at radius 2 is 1.87 bits per heavy atom. The molecular weight excluding hydrogens is 290 g/mol. The highest BCUT2D eigenvalue weighted by Crippen LogP contribution is 2.28. The lowest BCUT2D eigenvalue weighted by molar-refractivity contribution is -0.178. The molecule has 1 saturated heterocycles. The van der Waals surface area contributed by atoms with Crippen molar-refractivity contribution in [2.45, 2.75) is 31.7 Å². The number of hydrogen-bond donors (Lipinski definition) is 0. The van der Waals surface area contributed by atoms with E-state index in [-0.39, 0.29) is 6.29 Å². The summed E-state index contributed by atoms with van der Waals surface area (Å²) >= 11 is 0. The van der Waals surface area contributed by atoms with Crippen molar-refractivity contribution < 1.29 is 14.2 Å². The summed E-state index contributed by atoms with van der Waals surface area (Å²) in [6.07, 6.45) is 2.00. The van der Waals surface area contributed by atoms with Gasteiger partial charge in [-0.1, -0.05) is 30.3 Å². The maximum Gasteiger partial charge on any atom is 0.172 e. The van der Waals surface area contributed by atoms with Gasteiger partial charge in [0.2, 0.25) is 0 Å². The molecule has 0 aromatic heterocycles. The first-order chi connectivity index (χ1) is 11.3. The van der Waals surface area contributed by atoms with Crippen molar-refractivity contribution in [2.24, 2.45) is 0 Å². The Kier molecular flexibility index (Phi) is 5.25. The number of nitrogens with zero attached hydrogens (tertiary/aromatic N) is 1. The van der Waals surface area contributed by atoms with Crippen LogP contribution < -0.4 is 4.74 Å².